The van der Waals surface area contributed by atoms with Crippen LogP contribution in [0.4, 0.5) is 19.8 Å². The maximum atomic E-state index is 15.4. The lowest BCUT2D eigenvalue weighted by atomic mass is 9.61. The summed E-state index contributed by atoms with van der Waals surface area (Å²) < 4.78 is 32.9. The number of carbonyl (C=O) groups is 2. The van der Waals surface area contributed by atoms with Crippen LogP contribution in [0, 0.1) is 29.1 Å². The topological polar surface area (TPSA) is 207 Å². The number of nitrogens with two attached hydrogens (primary N) is 1. The number of hydrogen-bond donors (Lipinski definition) is 6. The van der Waals surface area contributed by atoms with E-state index >= 15 is 4.39 Å². The van der Waals surface area contributed by atoms with E-state index in [4.69, 9.17) is 19.9 Å². The lowest BCUT2D eigenvalue weighted by molar-refractivity contribution is -0.0624. The standard InChI is InChI=1S/C45H66FN5O9/c1-27(33-16-17-34-29(10-9-20-44(33,34)3)12-15-31-24-32(52)25-35(53)28(31)2)11-18-36(30-13-14-30)60-43(57)49-22-8-6-5-7-21-48-42(56)58-26-37-39(54)45(4,46)40(59-37)51-23-19-38(47)50-41(51)55/h11-12,15,18-19,23,27,30,32-37,39-40,52-54H,2,5-10,13-14,16-17,20-22,24-26H2,1,3-4H3,(H,48,56)(H,49,57)(H2,47,50,55)/b18-11+,29-12+,31-15-/t27-,32+,33?,34?,35-,36?,37?,39?,40?,44+,45?/m0/s1. The number of nitrogen functional groups attached to an aromatic ring is 1. The predicted octanol–water partition coefficient (Wildman–Crippen LogP) is 5.94. The minimum Gasteiger partial charge on any atom is -0.447 e. The Kier molecular flexibility index (Phi) is 15.0. The smallest absolute Gasteiger partial charge is 0.407 e. The lowest BCUT2D eigenvalue weighted by Crippen LogP contribution is -2.43. The Hall–Kier alpha value is -4.05. The predicted molar refractivity (Wildman–Crippen MR) is 224 cm³/mol. The van der Waals surface area contributed by atoms with Crippen LogP contribution in [-0.4, -0.2) is 92.9 Å². The van der Waals surface area contributed by atoms with Crippen molar-refractivity contribution in [1.29, 1.82) is 0 Å². The van der Waals surface area contributed by atoms with E-state index in [-0.39, 0.29) is 17.3 Å². The first kappa shape index (κ1) is 45.5. The molecule has 14 nitrogen and oxygen atoms in total. The number of anilines is 1. The zero-order valence-corrected chi connectivity index (χ0v) is 35.4. The molecule has 332 valence electrons. The van der Waals surface area contributed by atoms with E-state index in [0.717, 1.165) is 80.4 Å². The summed E-state index contributed by atoms with van der Waals surface area (Å²) in [4.78, 5) is 40.8. The molecule has 1 aromatic heterocycles. The monoisotopic (exact) mass is 839 g/mol. The second-order valence-corrected chi connectivity index (χ2v) is 18.1. The van der Waals surface area contributed by atoms with Crippen LogP contribution in [0.5, 0.6) is 0 Å². The number of aliphatic hydroxyl groups excluding tert-OH is 3. The normalized spacial score (nSPS) is 34.1. The number of aliphatic hydroxyl groups is 3. The van der Waals surface area contributed by atoms with Gasteiger partial charge in [-0.2, -0.15) is 4.98 Å². The molecule has 1 aromatic rings. The summed E-state index contributed by atoms with van der Waals surface area (Å²) in [5, 5.41) is 36.5. The number of amides is 2. The highest BCUT2D eigenvalue weighted by Gasteiger charge is 2.56. The first-order valence-corrected chi connectivity index (χ1v) is 21.9. The summed E-state index contributed by atoms with van der Waals surface area (Å²) in [7, 11) is 0. The minimum atomic E-state index is -2.35. The van der Waals surface area contributed by atoms with Gasteiger partial charge in [0.25, 0.3) is 0 Å². The Morgan fingerprint density at radius 2 is 1.80 bits per heavy atom. The molecule has 0 aromatic carbocycles. The number of hydrogen-bond acceptors (Lipinski definition) is 11. The molecular formula is C45H66FN5O9. The fraction of sp³-hybridized carbons (Fsp3) is 0.689. The molecule has 7 N–H and O–H groups in total. The summed E-state index contributed by atoms with van der Waals surface area (Å²) in [6.07, 6.45) is 14.8. The molecular weight excluding hydrogens is 774 g/mol. The van der Waals surface area contributed by atoms with Crippen molar-refractivity contribution >= 4 is 18.0 Å². The molecule has 60 heavy (non-hydrogen) atoms. The third kappa shape index (κ3) is 10.9. The van der Waals surface area contributed by atoms with E-state index in [0.29, 0.717) is 56.0 Å². The number of allylic oxidation sites excluding steroid dienone is 4. The Labute approximate surface area is 352 Å². The van der Waals surface area contributed by atoms with Crippen molar-refractivity contribution in [3.8, 4) is 0 Å². The number of unbranched alkanes of at least 4 members (excludes halogenated alkanes) is 3. The van der Waals surface area contributed by atoms with Gasteiger partial charge in [0.05, 0.1) is 12.2 Å². The highest BCUT2D eigenvalue weighted by molar-refractivity contribution is 5.67. The molecule has 5 aliphatic rings. The van der Waals surface area contributed by atoms with Crippen LogP contribution < -0.4 is 22.1 Å². The molecule has 11 atom stereocenters. The summed E-state index contributed by atoms with van der Waals surface area (Å²) >= 11 is 0. The summed E-state index contributed by atoms with van der Waals surface area (Å²) in [6, 6.07) is 1.31. The van der Waals surface area contributed by atoms with E-state index in [1.165, 1.54) is 24.3 Å². The van der Waals surface area contributed by atoms with Crippen LogP contribution in [0.1, 0.15) is 110 Å². The van der Waals surface area contributed by atoms with E-state index in [2.05, 4.69) is 60.3 Å². The van der Waals surface area contributed by atoms with E-state index < -0.39 is 60.8 Å². The van der Waals surface area contributed by atoms with E-state index in [1.54, 1.807) is 0 Å². The van der Waals surface area contributed by atoms with Crippen molar-refractivity contribution in [2.24, 2.45) is 29.1 Å². The quantitative estimate of drug-likeness (QED) is 0.0849. The number of rotatable bonds is 16. The molecule has 0 radical (unpaired) electrons. The Morgan fingerprint density at radius 1 is 1.08 bits per heavy atom. The summed E-state index contributed by atoms with van der Waals surface area (Å²) in [6.45, 7) is 10.3. The zero-order valence-electron chi connectivity index (χ0n) is 35.4. The number of halogens is 1. The van der Waals surface area contributed by atoms with Gasteiger partial charge in [-0.15, -0.1) is 0 Å². The number of nitrogens with one attached hydrogen (secondary N) is 2. The van der Waals surface area contributed by atoms with Gasteiger partial charge in [-0.05, 0) is 124 Å². The van der Waals surface area contributed by atoms with Gasteiger partial charge in [-0.1, -0.05) is 57.1 Å². The van der Waals surface area contributed by atoms with Gasteiger partial charge in [0.2, 0.25) is 0 Å². The van der Waals surface area contributed by atoms with E-state index in [9.17, 15) is 29.7 Å². The molecule has 4 aliphatic carbocycles. The molecule has 15 heteroatoms. The third-order valence-electron chi connectivity index (χ3n) is 13.7. The fourth-order valence-electron chi connectivity index (χ4n) is 10.1. The average molecular weight is 840 g/mol. The second kappa shape index (κ2) is 19.8. The molecule has 6 rings (SSSR count). The Balaban J connectivity index is 0.861. The molecule has 1 aliphatic heterocycles. The van der Waals surface area contributed by atoms with Crippen molar-refractivity contribution in [3.05, 3.63) is 70.3 Å². The lowest BCUT2D eigenvalue weighted by Gasteiger charge is -2.44. The van der Waals surface area contributed by atoms with Crippen molar-refractivity contribution in [2.75, 3.05) is 25.4 Å². The summed E-state index contributed by atoms with van der Waals surface area (Å²) in [5.74, 6) is 1.69. The Morgan fingerprint density at radius 3 is 2.50 bits per heavy atom. The van der Waals surface area contributed by atoms with Gasteiger partial charge in [0.1, 0.15) is 30.7 Å². The van der Waals surface area contributed by atoms with Gasteiger partial charge < -0.3 is 45.9 Å². The number of ether oxygens (including phenoxy) is 3. The number of alkyl halides is 1. The number of fused-ring (bicyclic) bond motifs is 1. The first-order chi connectivity index (χ1) is 28.6. The fourth-order valence-corrected chi connectivity index (χ4v) is 10.1. The zero-order chi connectivity index (χ0) is 43.2. The maximum absolute atomic E-state index is 15.4. The molecule has 4 saturated carbocycles. The highest BCUT2D eigenvalue weighted by atomic mass is 19.1. The van der Waals surface area contributed by atoms with Crippen molar-refractivity contribution in [1.82, 2.24) is 20.2 Å². The number of carbonyl (C=O) groups excluding carboxylic acids is 2. The average Bonchev–Trinajstić information content (AvgIpc) is 3.94. The summed E-state index contributed by atoms with van der Waals surface area (Å²) in [5.41, 5.74) is 5.65. The molecule has 5 fully saturated rings. The van der Waals surface area contributed by atoms with Crippen LogP contribution in [0.25, 0.3) is 0 Å². The van der Waals surface area contributed by atoms with E-state index in [1.807, 2.05) is 0 Å². The number of alkyl carbamates (subject to hydrolysis) is 2. The molecule has 7 unspecified atom stereocenters. The maximum Gasteiger partial charge on any atom is 0.407 e. The largest absolute Gasteiger partial charge is 0.447 e. The van der Waals surface area contributed by atoms with Gasteiger partial charge in [0.15, 0.2) is 11.9 Å². The first-order valence-electron chi connectivity index (χ1n) is 21.9. The van der Waals surface area contributed by atoms with Gasteiger partial charge in [0, 0.05) is 25.7 Å². The molecule has 2 heterocycles. The molecule has 1 saturated heterocycles. The SMILES string of the molecule is C=C1/C(=C\C=C2/CCC[C@@]3(C)C2CCC3[C@@H](C)/C=C/C(OC(=O)NCCCCCCNC(=O)OCC2OC(n3ccc(N)nc3=O)C(C)(F)C2O)C2CC2)C[C@@H](O)C[C@@H]1O. The van der Waals surface area contributed by atoms with Crippen LogP contribution in [0.3, 0.4) is 0 Å². The molecule has 2 amide bonds. The Bertz CT molecular complexity index is 1840. The highest BCUT2D eigenvalue weighted by Crippen LogP contribution is 2.59. The number of nitrogens with zero attached hydrogens (tertiary/aromatic N) is 2. The van der Waals surface area contributed by atoms with Crippen molar-refractivity contribution in [2.45, 2.75) is 147 Å². The third-order valence-corrected chi connectivity index (χ3v) is 13.7. The van der Waals surface area contributed by atoms with Crippen LogP contribution in [0.2, 0.25) is 0 Å². The van der Waals surface area contributed by atoms with Gasteiger partial charge in [-0.3, -0.25) is 4.57 Å². The van der Waals surface area contributed by atoms with Crippen LogP contribution in [-0.2, 0) is 14.2 Å². The molecule has 0 spiro atoms. The van der Waals surface area contributed by atoms with Gasteiger partial charge >= 0.3 is 17.9 Å². The number of aromatic nitrogens is 2. The minimum absolute atomic E-state index is 0.0327. The van der Waals surface area contributed by atoms with Gasteiger partial charge in [-0.25, -0.2) is 18.8 Å². The van der Waals surface area contributed by atoms with Crippen molar-refractivity contribution < 1.29 is 43.5 Å². The van der Waals surface area contributed by atoms with Crippen LogP contribution >= 0.6 is 0 Å². The van der Waals surface area contributed by atoms with Crippen LogP contribution in [0.15, 0.2) is 64.7 Å². The van der Waals surface area contributed by atoms with Crippen molar-refractivity contribution in [3.63, 3.8) is 0 Å². The molecule has 0 bridgehead atoms. The second-order valence-electron chi connectivity index (χ2n) is 18.1.